The first kappa shape index (κ1) is 22.0. The van der Waals surface area contributed by atoms with E-state index in [1.165, 1.54) is 7.11 Å². The monoisotopic (exact) mass is 466 g/mol. The summed E-state index contributed by atoms with van der Waals surface area (Å²) >= 11 is 0. The van der Waals surface area contributed by atoms with Gasteiger partial charge in [0.1, 0.15) is 5.76 Å². The average molecular weight is 466 g/mol. The predicted octanol–water partition coefficient (Wildman–Crippen LogP) is 4.62. The predicted molar refractivity (Wildman–Crippen MR) is 132 cm³/mol. The number of hydrogen-bond donors (Lipinski definition) is 1. The number of methoxy groups -OCH3 is 1. The molecule has 8 nitrogen and oxygen atoms in total. The van der Waals surface area contributed by atoms with Crippen LogP contribution in [0, 0.1) is 0 Å². The standard InChI is InChI=1S/C27H22N4O4/c1-34-27(33)25-12-11-22(35-25)18-31-17-20(23-9-2-3-10-24(23)31)16-28-29-26(32)19-7-6-8-21(15-19)30-13-4-5-14-30/h2-17H,18H2,1H3,(H,29,32)/b28-16+. The van der Waals surface area contributed by atoms with Gasteiger partial charge in [0.2, 0.25) is 5.76 Å². The number of fused-ring (bicyclic) bond motifs is 1. The highest BCUT2D eigenvalue weighted by Crippen LogP contribution is 2.22. The number of esters is 1. The van der Waals surface area contributed by atoms with Gasteiger partial charge in [-0.3, -0.25) is 4.79 Å². The van der Waals surface area contributed by atoms with Crippen LogP contribution in [0.15, 0.2) is 101 Å². The molecule has 0 atom stereocenters. The fraction of sp³-hybridized carbons (Fsp3) is 0.0741. The van der Waals surface area contributed by atoms with Crippen molar-refractivity contribution in [1.29, 1.82) is 0 Å². The number of carbonyl (C=O) groups excluding carboxylic acids is 2. The van der Waals surface area contributed by atoms with Crippen LogP contribution < -0.4 is 5.43 Å². The Morgan fingerprint density at radius 3 is 2.69 bits per heavy atom. The summed E-state index contributed by atoms with van der Waals surface area (Å²) in [5.74, 6) is -0.0455. The lowest BCUT2D eigenvalue weighted by Gasteiger charge is -2.05. The second kappa shape index (κ2) is 9.56. The molecule has 3 aromatic heterocycles. The normalized spacial score (nSPS) is 11.2. The van der Waals surface area contributed by atoms with Crippen molar-refractivity contribution in [3.05, 3.63) is 114 Å². The first-order chi connectivity index (χ1) is 17.1. The minimum absolute atomic E-state index is 0.157. The van der Waals surface area contributed by atoms with Gasteiger partial charge in [-0.25, -0.2) is 10.2 Å². The van der Waals surface area contributed by atoms with Crippen LogP contribution in [0.25, 0.3) is 16.6 Å². The Bertz CT molecular complexity index is 1530. The molecule has 35 heavy (non-hydrogen) atoms. The number of nitrogens with zero attached hydrogens (tertiary/aromatic N) is 3. The molecule has 1 N–H and O–H groups in total. The summed E-state index contributed by atoms with van der Waals surface area (Å²) < 4.78 is 14.2. The quantitative estimate of drug-likeness (QED) is 0.215. The lowest BCUT2D eigenvalue weighted by atomic mass is 10.2. The summed E-state index contributed by atoms with van der Waals surface area (Å²) in [4.78, 5) is 24.3. The van der Waals surface area contributed by atoms with Gasteiger partial charge in [-0.1, -0.05) is 24.3 Å². The van der Waals surface area contributed by atoms with Crippen molar-refractivity contribution in [1.82, 2.24) is 14.6 Å². The number of rotatable bonds is 7. The van der Waals surface area contributed by atoms with Crippen LogP contribution in [0.3, 0.4) is 0 Å². The van der Waals surface area contributed by atoms with Crippen molar-refractivity contribution in [2.24, 2.45) is 5.10 Å². The molecular formula is C27H22N4O4. The Balaban J connectivity index is 1.34. The van der Waals surface area contributed by atoms with Crippen molar-refractivity contribution in [2.75, 3.05) is 7.11 Å². The van der Waals surface area contributed by atoms with Gasteiger partial charge in [-0.05, 0) is 48.5 Å². The van der Waals surface area contributed by atoms with Crippen LogP contribution in [0.5, 0.6) is 0 Å². The van der Waals surface area contributed by atoms with E-state index in [2.05, 4.69) is 10.5 Å². The van der Waals surface area contributed by atoms with Gasteiger partial charge >= 0.3 is 5.97 Å². The number of ether oxygens (including phenoxy) is 1. The Morgan fingerprint density at radius 2 is 1.86 bits per heavy atom. The van der Waals surface area contributed by atoms with Gasteiger partial charge in [0.15, 0.2) is 0 Å². The molecule has 8 heteroatoms. The molecule has 1 amide bonds. The van der Waals surface area contributed by atoms with Gasteiger partial charge in [0.25, 0.3) is 5.91 Å². The number of aromatic nitrogens is 2. The highest BCUT2D eigenvalue weighted by atomic mass is 16.5. The Kier molecular flexibility index (Phi) is 6.00. The topological polar surface area (TPSA) is 90.8 Å². The van der Waals surface area contributed by atoms with Crippen molar-refractivity contribution in [3.8, 4) is 5.69 Å². The van der Waals surface area contributed by atoms with Crippen LogP contribution in [0.4, 0.5) is 0 Å². The summed E-state index contributed by atoms with van der Waals surface area (Å²) in [6.07, 6.45) is 7.38. The van der Waals surface area contributed by atoms with Gasteiger partial charge in [-0.15, -0.1) is 0 Å². The van der Waals surface area contributed by atoms with Gasteiger partial charge in [0, 0.05) is 46.3 Å². The van der Waals surface area contributed by atoms with Crippen molar-refractivity contribution >= 4 is 29.0 Å². The molecule has 0 aliphatic rings. The maximum Gasteiger partial charge on any atom is 0.373 e. The van der Waals surface area contributed by atoms with E-state index in [9.17, 15) is 9.59 Å². The number of nitrogens with one attached hydrogen (secondary N) is 1. The molecular weight excluding hydrogens is 444 g/mol. The maximum atomic E-state index is 12.7. The lowest BCUT2D eigenvalue weighted by molar-refractivity contribution is 0.0562. The van der Waals surface area contributed by atoms with Gasteiger partial charge in [-0.2, -0.15) is 5.10 Å². The second-order valence-corrected chi connectivity index (χ2v) is 7.83. The number of carbonyl (C=O) groups is 2. The molecule has 0 unspecified atom stereocenters. The highest BCUT2D eigenvalue weighted by Gasteiger charge is 2.13. The van der Waals surface area contributed by atoms with E-state index in [-0.39, 0.29) is 11.7 Å². The molecule has 5 aromatic rings. The number of para-hydroxylation sites is 1. The molecule has 2 aromatic carbocycles. The third kappa shape index (κ3) is 4.63. The number of benzene rings is 2. The first-order valence-corrected chi connectivity index (χ1v) is 10.9. The summed E-state index contributed by atoms with van der Waals surface area (Å²) in [6, 6.07) is 22.4. The third-order valence-corrected chi connectivity index (χ3v) is 5.57. The van der Waals surface area contributed by atoms with Gasteiger partial charge in [0.05, 0.1) is 19.9 Å². The number of furan rings is 1. The van der Waals surface area contributed by atoms with Crippen LogP contribution in [-0.4, -0.2) is 34.3 Å². The molecule has 0 radical (unpaired) electrons. The zero-order chi connectivity index (χ0) is 24.2. The second-order valence-electron chi connectivity index (χ2n) is 7.83. The molecule has 0 aliphatic heterocycles. The van der Waals surface area contributed by atoms with Crippen LogP contribution >= 0.6 is 0 Å². The van der Waals surface area contributed by atoms with E-state index < -0.39 is 5.97 Å². The van der Waals surface area contributed by atoms with Crippen molar-refractivity contribution in [2.45, 2.75) is 6.54 Å². The van der Waals surface area contributed by atoms with Crippen molar-refractivity contribution in [3.63, 3.8) is 0 Å². The molecule has 174 valence electrons. The highest BCUT2D eigenvalue weighted by molar-refractivity contribution is 6.00. The molecule has 0 saturated carbocycles. The Hall–Kier alpha value is -4.85. The maximum absolute atomic E-state index is 12.7. The summed E-state index contributed by atoms with van der Waals surface area (Å²) in [5.41, 5.74) is 5.81. The number of amides is 1. The van der Waals surface area contributed by atoms with E-state index in [1.807, 2.05) is 82.3 Å². The summed E-state index contributed by atoms with van der Waals surface area (Å²) in [6.45, 7) is 0.421. The SMILES string of the molecule is COC(=O)c1ccc(Cn2cc(/C=N/NC(=O)c3cccc(-n4cccc4)c3)c3ccccc32)o1. The molecule has 0 fully saturated rings. The minimum atomic E-state index is -0.518. The van der Waals surface area contributed by atoms with E-state index in [0.29, 0.717) is 17.9 Å². The zero-order valence-corrected chi connectivity index (χ0v) is 18.9. The molecule has 0 spiro atoms. The van der Waals surface area contributed by atoms with Crippen LogP contribution in [0.2, 0.25) is 0 Å². The molecule has 0 aliphatic carbocycles. The summed E-state index contributed by atoms with van der Waals surface area (Å²) in [5, 5.41) is 5.16. The van der Waals surface area contributed by atoms with E-state index in [0.717, 1.165) is 22.2 Å². The van der Waals surface area contributed by atoms with Crippen LogP contribution in [-0.2, 0) is 11.3 Å². The van der Waals surface area contributed by atoms with Crippen molar-refractivity contribution < 1.29 is 18.7 Å². The van der Waals surface area contributed by atoms with E-state index >= 15 is 0 Å². The fourth-order valence-electron chi connectivity index (χ4n) is 3.89. The molecule has 3 heterocycles. The summed E-state index contributed by atoms with van der Waals surface area (Å²) in [7, 11) is 1.31. The molecule has 5 rings (SSSR count). The zero-order valence-electron chi connectivity index (χ0n) is 18.9. The number of hydrogen-bond acceptors (Lipinski definition) is 5. The average Bonchev–Trinajstić information content (AvgIpc) is 3.65. The fourth-order valence-corrected chi connectivity index (χ4v) is 3.89. The largest absolute Gasteiger partial charge is 0.463 e. The van der Waals surface area contributed by atoms with Crippen LogP contribution in [0.1, 0.15) is 32.2 Å². The van der Waals surface area contributed by atoms with E-state index in [1.54, 1.807) is 24.4 Å². The molecule has 0 saturated heterocycles. The smallest absolute Gasteiger partial charge is 0.373 e. The minimum Gasteiger partial charge on any atom is -0.463 e. The Labute approximate surface area is 201 Å². The molecule has 0 bridgehead atoms. The first-order valence-electron chi connectivity index (χ1n) is 10.9. The Morgan fingerprint density at radius 1 is 1.03 bits per heavy atom. The van der Waals surface area contributed by atoms with E-state index in [4.69, 9.17) is 9.15 Å². The lowest BCUT2D eigenvalue weighted by Crippen LogP contribution is -2.17. The third-order valence-electron chi connectivity index (χ3n) is 5.57. The number of hydrazone groups is 1. The van der Waals surface area contributed by atoms with Gasteiger partial charge < -0.3 is 18.3 Å².